The summed E-state index contributed by atoms with van der Waals surface area (Å²) in [5.41, 5.74) is 0. The van der Waals surface area contributed by atoms with Crippen LogP contribution in [0.3, 0.4) is 0 Å². The van der Waals surface area contributed by atoms with E-state index in [-0.39, 0.29) is 18.5 Å². The average Bonchev–Trinajstić information content (AvgIpc) is 3.33. The number of ether oxygens (including phenoxy) is 1. The van der Waals surface area contributed by atoms with E-state index in [0.717, 1.165) is 51.4 Å². The third-order valence-electron chi connectivity index (χ3n) is 13.6. The second kappa shape index (κ2) is 56.7. The van der Waals surface area contributed by atoms with Crippen LogP contribution in [0.5, 0.6) is 0 Å². The molecular formula is C61H115NO5. The van der Waals surface area contributed by atoms with Crippen molar-refractivity contribution >= 4 is 11.9 Å². The van der Waals surface area contributed by atoms with Crippen LogP contribution in [-0.2, 0) is 14.3 Å². The van der Waals surface area contributed by atoms with E-state index >= 15 is 0 Å². The van der Waals surface area contributed by atoms with E-state index in [1.807, 2.05) is 6.08 Å². The molecule has 394 valence electrons. The number of hydrogen-bond donors (Lipinski definition) is 3. The van der Waals surface area contributed by atoms with Crippen LogP contribution in [0.25, 0.3) is 0 Å². The molecule has 0 heterocycles. The molecule has 67 heavy (non-hydrogen) atoms. The SMILES string of the molecule is CCCCCCCCC/C=C\CCCCCCCCCC(=O)OCCCCCCCCCCCCCC/C=C\CCCCCCCCCC(=O)NC(CO)C(O)/C=C/CCCCCCCCC. The van der Waals surface area contributed by atoms with Gasteiger partial charge in [-0.1, -0.05) is 256 Å². The number of esters is 1. The minimum Gasteiger partial charge on any atom is -0.466 e. The Morgan fingerprint density at radius 1 is 0.403 bits per heavy atom. The monoisotopic (exact) mass is 942 g/mol. The molecule has 6 nitrogen and oxygen atoms in total. The molecule has 0 aromatic carbocycles. The largest absolute Gasteiger partial charge is 0.466 e. The molecule has 0 aliphatic carbocycles. The molecule has 1 amide bonds. The van der Waals surface area contributed by atoms with E-state index in [2.05, 4.69) is 43.5 Å². The van der Waals surface area contributed by atoms with Crippen LogP contribution in [-0.4, -0.2) is 47.4 Å². The van der Waals surface area contributed by atoms with E-state index in [1.165, 1.54) is 238 Å². The van der Waals surface area contributed by atoms with Crippen molar-refractivity contribution in [2.75, 3.05) is 13.2 Å². The van der Waals surface area contributed by atoms with Crippen LogP contribution >= 0.6 is 0 Å². The molecule has 0 rings (SSSR count). The Hall–Kier alpha value is -1.92. The molecule has 0 saturated carbocycles. The summed E-state index contributed by atoms with van der Waals surface area (Å²) in [6, 6.07) is -0.630. The molecule has 2 unspecified atom stereocenters. The highest BCUT2D eigenvalue weighted by atomic mass is 16.5. The van der Waals surface area contributed by atoms with Crippen molar-refractivity contribution in [3.05, 3.63) is 36.5 Å². The topological polar surface area (TPSA) is 95.9 Å². The van der Waals surface area contributed by atoms with E-state index in [9.17, 15) is 19.8 Å². The lowest BCUT2D eigenvalue weighted by atomic mass is 10.0. The summed E-state index contributed by atoms with van der Waals surface area (Å²) in [6.07, 6.45) is 70.5. The molecule has 0 bridgehead atoms. The van der Waals surface area contributed by atoms with E-state index in [4.69, 9.17) is 4.74 Å². The Kier molecular flexibility index (Phi) is 55.0. The molecule has 2 atom stereocenters. The van der Waals surface area contributed by atoms with Crippen LogP contribution in [0.2, 0.25) is 0 Å². The number of carbonyl (C=O) groups is 2. The van der Waals surface area contributed by atoms with Crippen LogP contribution < -0.4 is 5.32 Å². The van der Waals surface area contributed by atoms with Crippen LogP contribution in [0.15, 0.2) is 36.5 Å². The van der Waals surface area contributed by atoms with Crippen molar-refractivity contribution in [2.24, 2.45) is 0 Å². The fourth-order valence-electron chi connectivity index (χ4n) is 9.03. The molecule has 0 aromatic rings. The summed E-state index contributed by atoms with van der Waals surface area (Å²) in [4.78, 5) is 24.5. The lowest BCUT2D eigenvalue weighted by Gasteiger charge is -2.20. The van der Waals surface area contributed by atoms with Gasteiger partial charge in [0.2, 0.25) is 5.91 Å². The van der Waals surface area contributed by atoms with Crippen LogP contribution in [0, 0.1) is 0 Å². The van der Waals surface area contributed by atoms with E-state index in [0.29, 0.717) is 19.4 Å². The standard InChI is InChI=1S/C61H115NO5/c1-3-5-7-9-11-13-14-15-16-17-26-29-32-35-39-43-47-51-55-61(66)67-56-52-48-44-40-36-33-30-27-24-22-20-18-19-21-23-25-28-31-34-38-42-46-50-54-60(65)62-58(57-63)59(64)53-49-45-41-37-12-10-8-6-4-2/h16-17,21,23,49,53,58-59,63-64H,3-15,18-20,22,24-48,50-52,54-57H2,1-2H3,(H,62,65)/b17-16-,23-21-,53-49+. The number of nitrogens with one attached hydrogen (secondary N) is 1. The van der Waals surface area contributed by atoms with Gasteiger partial charge in [0.15, 0.2) is 0 Å². The van der Waals surface area contributed by atoms with Gasteiger partial charge in [0, 0.05) is 12.8 Å². The van der Waals surface area contributed by atoms with Gasteiger partial charge in [0.05, 0.1) is 25.4 Å². The van der Waals surface area contributed by atoms with Gasteiger partial charge >= 0.3 is 5.97 Å². The number of aliphatic hydroxyl groups excluding tert-OH is 2. The van der Waals surface area contributed by atoms with Gasteiger partial charge in [0.1, 0.15) is 0 Å². The minimum absolute atomic E-state index is 0.00772. The molecule has 0 aliphatic heterocycles. The molecule has 0 radical (unpaired) electrons. The number of allylic oxidation sites excluding steroid dienone is 5. The van der Waals surface area contributed by atoms with E-state index < -0.39 is 12.1 Å². The molecule has 0 fully saturated rings. The van der Waals surface area contributed by atoms with Gasteiger partial charge in [-0.2, -0.15) is 0 Å². The number of hydrogen-bond acceptors (Lipinski definition) is 5. The van der Waals surface area contributed by atoms with Crippen molar-refractivity contribution < 1.29 is 24.5 Å². The maximum Gasteiger partial charge on any atom is 0.305 e. The fraction of sp³-hybridized carbons (Fsp3) is 0.869. The quantitative estimate of drug-likeness (QED) is 0.0321. The first-order valence-corrected chi connectivity index (χ1v) is 29.8. The first kappa shape index (κ1) is 65.1. The highest BCUT2D eigenvalue weighted by molar-refractivity contribution is 5.76. The average molecular weight is 943 g/mol. The summed E-state index contributed by atoms with van der Waals surface area (Å²) < 4.78 is 5.49. The van der Waals surface area contributed by atoms with Crippen molar-refractivity contribution in [3.63, 3.8) is 0 Å². The highest BCUT2D eigenvalue weighted by Gasteiger charge is 2.18. The predicted octanol–water partition coefficient (Wildman–Crippen LogP) is 18.4. The van der Waals surface area contributed by atoms with Gasteiger partial charge in [-0.05, 0) is 83.5 Å². The number of aliphatic hydroxyl groups is 2. The molecule has 3 N–H and O–H groups in total. The number of unbranched alkanes of at least 4 members (excludes halogenated alkanes) is 40. The molecular weight excluding hydrogens is 827 g/mol. The van der Waals surface area contributed by atoms with Crippen LogP contribution in [0.1, 0.15) is 316 Å². The first-order chi connectivity index (χ1) is 33.0. The zero-order valence-corrected chi connectivity index (χ0v) is 44.9. The molecule has 0 spiro atoms. The summed E-state index contributed by atoms with van der Waals surface area (Å²) in [5.74, 6) is -0.0694. The molecule has 0 aliphatic rings. The Morgan fingerprint density at radius 2 is 0.701 bits per heavy atom. The summed E-state index contributed by atoms with van der Waals surface area (Å²) in [6.45, 7) is 4.87. The first-order valence-electron chi connectivity index (χ1n) is 29.8. The lowest BCUT2D eigenvalue weighted by Crippen LogP contribution is -2.45. The maximum absolute atomic E-state index is 12.4. The fourth-order valence-corrected chi connectivity index (χ4v) is 9.03. The van der Waals surface area contributed by atoms with Crippen molar-refractivity contribution in [3.8, 4) is 0 Å². The summed E-state index contributed by atoms with van der Waals surface area (Å²) in [7, 11) is 0. The van der Waals surface area contributed by atoms with Gasteiger partial charge < -0.3 is 20.3 Å². The third kappa shape index (κ3) is 53.3. The number of rotatable bonds is 55. The van der Waals surface area contributed by atoms with Gasteiger partial charge in [-0.15, -0.1) is 0 Å². The maximum atomic E-state index is 12.4. The van der Waals surface area contributed by atoms with Gasteiger partial charge in [-0.3, -0.25) is 9.59 Å². The smallest absolute Gasteiger partial charge is 0.305 e. The zero-order valence-electron chi connectivity index (χ0n) is 44.9. The van der Waals surface area contributed by atoms with Crippen molar-refractivity contribution in [1.82, 2.24) is 5.32 Å². The highest BCUT2D eigenvalue weighted by Crippen LogP contribution is 2.16. The Bertz CT molecular complexity index is 1090. The van der Waals surface area contributed by atoms with Crippen LogP contribution in [0.4, 0.5) is 0 Å². The van der Waals surface area contributed by atoms with E-state index in [1.54, 1.807) is 6.08 Å². The lowest BCUT2D eigenvalue weighted by molar-refractivity contribution is -0.143. The second-order valence-corrected chi connectivity index (χ2v) is 20.3. The molecule has 0 saturated heterocycles. The number of carbonyl (C=O) groups excluding carboxylic acids is 2. The van der Waals surface area contributed by atoms with Gasteiger partial charge in [0.25, 0.3) is 0 Å². The zero-order chi connectivity index (χ0) is 48.6. The Balaban J connectivity index is 3.38. The third-order valence-corrected chi connectivity index (χ3v) is 13.6. The number of amides is 1. The predicted molar refractivity (Wildman–Crippen MR) is 292 cm³/mol. The summed E-state index contributed by atoms with van der Waals surface area (Å²) in [5, 5.41) is 22.9. The molecule has 0 aromatic heterocycles. The van der Waals surface area contributed by atoms with Gasteiger partial charge in [-0.25, -0.2) is 0 Å². The summed E-state index contributed by atoms with van der Waals surface area (Å²) >= 11 is 0. The normalized spacial score (nSPS) is 12.8. The van der Waals surface area contributed by atoms with Crippen molar-refractivity contribution in [1.29, 1.82) is 0 Å². The minimum atomic E-state index is -0.846. The Labute approximate surface area is 417 Å². The second-order valence-electron chi connectivity index (χ2n) is 20.3. The molecule has 6 heteroatoms. The van der Waals surface area contributed by atoms with Crippen molar-refractivity contribution in [2.45, 2.75) is 328 Å². The Morgan fingerprint density at radius 3 is 1.06 bits per heavy atom.